The van der Waals surface area contributed by atoms with E-state index in [-0.39, 0.29) is 31.9 Å². The zero-order valence-electron chi connectivity index (χ0n) is 35.0. The average Bonchev–Trinajstić information content (AvgIpc) is 3.25. The zero-order valence-corrected chi connectivity index (χ0v) is 35.0. The maximum Gasteiger partial charge on any atom is 0.186 e. The van der Waals surface area contributed by atoms with Gasteiger partial charge in [0.25, 0.3) is 0 Å². The molecule has 0 amide bonds. The second-order valence-electron chi connectivity index (χ2n) is 17.4. The molecule has 0 aromatic rings. The van der Waals surface area contributed by atoms with Crippen molar-refractivity contribution in [3.8, 4) is 0 Å². The summed E-state index contributed by atoms with van der Waals surface area (Å²) in [4.78, 5) is 0. The van der Waals surface area contributed by atoms with Gasteiger partial charge in [-0.1, -0.05) is 0 Å². The Labute approximate surface area is 364 Å². The van der Waals surface area contributed by atoms with Gasteiger partial charge in [0, 0.05) is 37.3 Å². The van der Waals surface area contributed by atoms with Crippen LogP contribution in [0.15, 0.2) is 0 Å². The van der Waals surface area contributed by atoms with Crippen molar-refractivity contribution < 1.29 is 83.9 Å². The lowest BCUT2D eigenvalue weighted by molar-refractivity contribution is -0.314. The van der Waals surface area contributed by atoms with Crippen LogP contribution in [0.5, 0.6) is 0 Å². The molecule has 6 rings (SSSR count). The molecule has 63 heavy (non-hydrogen) atoms. The van der Waals surface area contributed by atoms with Gasteiger partial charge in [-0.05, 0) is 32.1 Å². The molecule has 2 saturated carbocycles. The first-order valence-electron chi connectivity index (χ1n) is 21.4. The first-order valence-corrected chi connectivity index (χ1v) is 21.4. The highest BCUT2D eigenvalue weighted by Crippen LogP contribution is 2.33. The Bertz CT molecular complexity index is 1380. The zero-order chi connectivity index (χ0) is 46.6. The van der Waals surface area contributed by atoms with Gasteiger partial charge in [0.1, 0.15) is 73.2 Å². The molecule has 27 atom stereocenters. The summed E-state index contributed by atoms with van der Waals surface area (Å²) in [6.07, 6.45) is -18.5. The summed E-state index contributed by atoms with van der Waals surface area (Å²) in [6.45, 7) is -0.713. The van der Waals surface area contributed by atoms with Gasteiger partial charge >= 0.3 is 0 Å². The minimum absolute atomic E-state index is 0.0542. The maximum absolute atomic E-state index is 11.0. The van der Waals surface area contributed by atoms with E-state index in [2.05, 4.69) is 0 Å². The third-order valence-corrected chi connectivity index (χ3v) is 12.8. The van der Waals surface area contributed by atoms with E-state index < -0.39 is 172 Å². The van der Waals surface area contributed by atoms with Gasteiger partial charge in [-0.15, -0.1) is 0 Å². The lowest BCUT2D eigenvalue weighted by Crippen LogP contribution is -2.68. The van der Waals surface area contributed by atoms with Crippen LogP contribution in [0.2, 0.25) is 0 Å². The molecule has 0 aromatic carbocycles. The molecule has 0 aromatic heterocycles. The van der Waals surface area contributed by atoms with E-state index in [0.29, 0.717) is 19.4 Å². The Kier molecular flexibility index (Phi) is 19.5. The minimum atomic E-state index is -1.44. The van der Waals surface area contributed by atoms with Gasteiger partial charge in [0.2, 0.25) is 0 Å². The third kappa shape index (κ3) is 12.2. The van der Waals surface area contributed by atoms with E-state index in [1.807, 2.05) is 0 Å². The second-order valence-corrected chi connectivity index (χ2v) is 17.4. The molecule has 370 valence electrons. The normalized spacial score (nSPS) is 52.1. The average molecular weight is 919 g/mol. The lowest BCUT2D eigenvalue weighted by Gasteiger charge is -2.47. The Morgan fingerprint density at radius 1 is 0.397 bits per heavy atom. The molecule has 6 fully saturated rings. The number of nitrogens with two attached hydrogens (primary N) is 10. The summed E-state index contributed by atoms with van der Waals surface area (Å²) >= 11 is 0. The highest BCUT2D eigenvalue weighted by atomic mass is 16.7. The van der Waals surface area contributed by atoms with Gasteiger partial charge in [0.05, 0.1) is 55.7 Å². The molecule has 0 bridgehead atoms. The third-order valence-electron chi connectivity index (χ3n) is 12.8. The summed E-state index contributed by atoms with van der Waals surface area (Å²) in [5, 5.41) is 91.4. The van der Waals surface area contributed by atoms with Gasteiger partial charge < -0.3 is 141 Å². The van der Waals surface area contributed by atoms with Crippen LogP contribution in [0.4, 0.5) is 0 Å². The molecule has 27 nitrogen and oxygen atoms in total. The fraction of sp³-hybridized carbons (Fsp3) is 1.00. The SMILES string of the molecule is NC[C@@H]1CC[C@@H](N)[C@@H](O[C@H]2[C@H](O)[C@@H](O[C@H]3O[C@H](CO)[C@@H](O)[C@H](N)[C@H]3O)[C@H](N)C[C@@H]2N)O1.NC[C@H]1O[C@H](O[C@H]2[C@H](O)[C@@H](O[C@H]3O[C@H](CO)[C@@H](O)[C@H](N)[C@H]3O)[C@H](N)C[C@@H]2N)[C@H](N)C[C@@H]1O. The lowest BCUT2D eigenvalue weighted by atomic mass is 9.84. The van der Waals surface area contributed by atoms with E-state index in [1.165, 1.54) is 0 Å². The molecular weight excluding hydrogens is 844 g/mol. The molecular formula is C36H74N10O17. The van der Waals surface area contributed by atoms with Crippen LogP contribution >= 0.6 is 0 Å². The fourth-order valence-corrected chi connectivity index (χ4v) is 8.78. The molecule has 4 aliphatic heterocycles. The van der Waals surface area contributed by atoms with Crippen molar-refractivity contribution in [1.82, 2.24) is 0 Å². The van der Waals surface area contributed by atoms with Crippen LogP contribution in [0.1, 0.15) is 32.1 Å². The number of ether oxygens (including phenoxy) is 8. The smallest absolute Gasteiger partial charge is 0.186 e. The molecule has 27 heteroatoms. The first kappa shape index (κ1) is 52.9. The minimum Gasteiger partial charge on any atom is -0.394 e. The summed E-state index contributed by atoms with van der Waals surface area (Å²) in [6, 6.07) is -6.12. The van der Waals surface area contributed by atoms with Crippen molar-refractivity contribution in [3.05, 3.63) is 0 Å². The van der Waals surface area contributed by atoms with Crippen molar-refractivity contribution in [2.24, 2.45) is 57.3 Å². The number of aliphatic hydroxyl groups excluding tert-OH is 9. The Balaban J connectivity index is 0.000000238. The van der Waals surface area contributed by atoms with Gasteiger partial charge in [0.15, 0.2) is 25.2 Å². The van der Waals surface area contributed by atoms with Crippen LogP contribution in [0.25, 0.3) is 0 Å². The predicted octanol–water partition coefficient (Wildman–Crippen LogP) is -11.6. The number of aliphatic hydroxyl groups is 9. The summed E-state index contributed by atoms with van der Waals surface area (Å²) in [7, 11) is 0. The van der Waals surface area contributed by atoms with Crippen LogP contribution in [-0.4, -0.2) is 237 Å². The molecule has 0 spiro atoms. The van der Waals surface area contributed by atoms with Crippen molar-refractivity contribution >= 4 is 0 Å². The van der Waals surface area contributed by atoms with Crippen molar-refractivity contribution in [3.63, 3.8) is 0 Å². The van der Waals surface area contributed by atoms with Gasteiger partial charge in [-0.3, -0.25) is 0 Å². The van der Waals surface area contributed by atoms with Crippen molar-refractivity contribution in [2.45, 2.75) is 197 Å². The molecule has 29 N–H and O–H groups in total. The topological polar surface area (TPSA) is 516 Å². The standard InChI is InChI=1S/C18H37N5O9.C18H37N5O8/c19-3-9-8(25)2-7(22)17(29-9)31-15-5(20)1-6(21)16(14(15)28)32-18-13(27)11(23)12(26)10(4-24)30-18;19-4-6-1-2-7(20)17(28-6)30-15-8(21)3-9(22)16(14(15)27)31-18-13(26)11(23)12(25)10(5-24)29-18/h5-18,24-28H,1-4,19-23H2;6-18,24-27H,1-5,19-23H2/t5-,6+,7+,8-,9+,10+,11-,12+,13+,14-,15+,16-,17+,18+;6-,7+,8-,9+,10+,11-,12+,13+,14-,15+,16-,17+,18+/m00/s1. The molecule has 0 radical (unpaired) electrons. The number of hydrogen-bond acceptors (Lipinski definition) is 27. The van der Waals surface area contributed by atoms with Gasteiger partial charge in [-0.25, -0.2) is 0 Å². The van der Waals surface area contributed by atoms with Crippen molar-refractivity contribution in [1.29, 1.82) is 0 Å². The predicted molar refractivity (Wildman–Crippen MR) is 215 cm³/mol. The Hall–Kier alpha value is -1.08. The molecule has 4 saturated heterocycles. The highest BCUT2D eigenvalue weighted by molar-refractivity contribution is 5.03. The molecule has 0 unspecified atom stereocenters. The monoisotopic (exact) mass is 919 g/mol. The summed E-state index contributed by atoms with van der Waals surface area (Å²) < 4.78 is 45.7. The summed E-state index contributed by atoms with van der Waals surface area (Å²) in [5.41, 5.74) is 59.7. The van der Waals surface area contributed by atoms with Crippen LogP contribution in [-0.2, 0) is 37.9 Å². The number of hydrogen-bond donors (Lipinski definition) is 19. The largest absolute Gasteiger partial charge is 0.394 e. The van der Waals surface area contributed by atoms with E-state index in [0.717, 1.165) is 0 Å². The van der Waals surface area contributed by atoms with Crippen LogP contribution < -0.4 is 57.3 Å². The highest BCUT2D eigenvalue weighted by Gasteiger charge is 2.52. The van der Waals surface area contributed by atoms with Gasteiger partial charge in [-0.2, -0.15) is 0 Å². The Morgan fingerprint density at radius 2 is 0.778 bits per heavy atom. The molecule has 6 aliphatic rings. The van der Waals surface area contributed by atoms with Crippen LogP contribution in [0, 0.1) is 0 Å². The van der Waals surface area contributed by atoms with Crippen molar-refractivity contribution in [2.75, 3.05) is 26.3 Å². The van der Waals surface area contributed by atoms with E-state index >= 15 is 0 Å². The Morgan fingerprint density at radius 3 is 1.16 bits per heavy atom. The molecule has 4 heterocycles. The van der Waals surface area contributed by atoms with E-state index in [9.17, 15) is 46.0 Å². The summed E-state index contributed by atoms with van der Waals surface area (Å²) in [5.74, 6) is 0. The quantitative estimate of drug-likeness (QED) is 0.0864. The number of rotatable bonds is 12. The van der Waals surface area contributed by atoms with E-state index in [1.54, 1.807) is 0 Å². The van der Waals surface area contributed by atoms with Crippen LogP contribution in [0.3, 0.4) is 0 Å². The second kappa shape index (κ2) is 23.3. The van der Waals surface area contributed by atoms with E-state index in [4.69, 9.17) is 95.2 Å². The maximum atomic E-state index is 11.0. The fourth-order valence-electron chi connectivity index (χ4n) is 8.78. The molecule has 2 aliphatic carbocycles. The first-order chi connectivity index (χ1) is 29.8.